The highest BCUT2D eigenvalue weighted by Crippen LogP contribution is 2.35. The largest absolute Gasteiger partial charge is 0.462 e. The third-order valence-electron chi connectivity index (χ3n) is 2.05. The van der Waals surface area contributed by atoms with Crippen LogP contribution in [0.5, 0.6) is 0 Å². The maximum atomic E-state index is 12.8. The molecule has 18 heavy (non-hydrogen) atoms. The molecule has 1 aromatic carbocycles. The molecule has 0 saturated carbocycles. The zero-order chi connectivity index (χ0) is 13.9. The Kier molecular flexibility index (Phi) is 4.56. The van der Waals surface area contributed by atoms with Crippen molar-refractivity contribution in [1.29, 1.82) is 5.26 Å². The monoisotopic (exact) mass is 369 g/mol. The smallest absolute Gasteiger partial charge is 0.417 e. The van der Waals surface area contributed by atoms with Gasteiger partial charge < -0.3 is 4.74 Å². The molecule has 96 valence electrons. The highest BCUT2D eigenvalue weighted by Gasteiger charge is 2.37. The van der Waals surface area contributed by atoms with Crippen LogP contribution in [0.2, 0.25) is 0 Å². The first kappa shape index (κ1) is 14.8. The molecule has 0 N–H and O–H groups in total. The van der Waals surface area contributed by atoms with Gasteiger partial charge in [0.15, 0.2) is 0 Å². The molecule has 7 heteroatoms. The number of hydrogen-bond acceptors (Lipinski definition) is 3. The second kappa shape index (κ2) is 5.56. The molecule has 0 fully saturated rings. The first-order chi connectivity index (χ1) is 8.32. The van der Waals surface area contributed by atoms with Crippen LogP contribution in [0.3, 0.4) is 0 Å². The first-order valence-corrected chi connectivity index (χ1v) is 5.87. The molecule has 0 radical (unpaired) electrons. The number of carbonyl (C=O) groups is 1. The number of ether oxygens (including phenoxy) is 1. The van der Waals surface area contributed by atoms with Crippen molar-refractivity contribution in [2.24, 2.45) is 0 Å². The Morgan fingerprint density at radius 1 is 1.50 bits per heavy atom. The van der Waals surface area contributed by atoms with Crippen molar-refractivity contribution in [2.45, 2.75) is 13.1 Å². The van der Waals surface area contributed by atoms with Crippen molar-refractivity contribution in [3.8, 4) is 6.07 Å². The number of alkyl halides is 3. The zero-order valence-corrected chi connectivity index (χ0v) is 11.3. The highest BCUT2D eigenvalue weighted by molar-refractivity contribution is 14.1. The molecular formula is C11H7F3INO2. The van der Waals surface area contributed by atoms with Gasteiger partial charge in [-0.2, -0.15) is 18.4 Å². The molecule has 0 amide bonds. The minimum absolute atomic E-state index is 0.00616. The Morgan fingerprint density at radius 3 is 2.56 bits per heavy atom. The van der Waals surface area contributed by atoms with Gasteiger partial charge in [-0.1, -0.05) is 0 Å². The summed E-state index contributed by atoms with van der Waals surface area (Å²) in [7, 11) is 0. The average molecular weight is 369 g/mol. The lowest BCUT2D eigenvalue weighted by Gasteiger charge is -2.14. The molecule has 0 aliphatic rings. The van der Waals surface area contributed by atoms with Crippen LogP contribution in [0.4, 0.5) is 13.2 Å². The van der Waals surface area contributed by atoms with Crippen LogP contribution in [0.25, 0.3) is 0 Å². The number of benzene rings is 1. The molecule has 0 atom stereocenters. The lowest BCUT2D eigenvalue weighted by atomic mass is 10.0. The summed E-state index contributed by atoms with van der Waals surface area (Å²) in [6.07, 6.45) is -4.67. The van der Waals surface area contributed by atoms with E-state index in [2.05, 4.69) is 4.74 Å². The minimum Gasteiger partial charge on any atom is -0.462 e. The number of nitrogens with zero attached hydrogens (tertiary/aromatic N) is 1. The van der Waals surface area contributed by atoms with Gasteiger partial charge in [-0.15, -0.1) is 0 Å². The molecule has 0 aliphatic heterocycles. The standard InChI is InChI=1S/C11H7F3INO2/c1-2-18-10(17)8-7(11(12,13)14)4-3-6(5-16)9(8)15/h3-4H,2H2,1H3. The third kappa shape index (κ3) is 2.93. The topological polar surface area (TPSA) is 50.1 Å². The van der Waals surface area contributed by atoms with Crippen LogP contribution in [-0.2, 0) is 10.9 Å². The first-order valence-electron chi connectivity index (χ1n) is 4.79. The second-order valence-corrected chi connectivity index (χ2v) is 4.26. The fourth-order valence-electron chi connectivity index (χ4n) is 1.30. The molecular weight excluding hydrogens is 362 g/mol. The van der Waals surface area contributed by atoms with Crippen LogP contribution in [0.15, 0.2) is 12.1 Å². The molecule has 1 rings (SSSR count). The summed E-state index contributed by atoms with van der Waals surface area (Å²) in [4.78, 5) is 11.6. The number of carbonyl (C=O) groups excluding carboxylic acids is 1. The lowest BCUT2D eigenvalue weighted by molar-refractivity contribution is -0.138. The Balaban J connectivity index is 3.51. The van der Waals surface area contributed by atoms with E-state index in [1.54, 1.807) is 6.07 Å². The van der Waals surface area contributed by atoms with Gasteiger partial charge >= 0.3 is 12.1 Å². The summed E-state index contributed by atoms with van der Waals surface area (Å²) in [5.41, 5.74) is -1.69. The normalized spacial score (nSPS) is 10.9. The van der Waals surface area contributed by atoms with Gasteiger partial charge in [0.05, 0.1) is 23.3 Å². The Labute approximate surface area is 115 Å². The summed E-state index contributed by atoms with van der Waals surface area (Å²) < 4.78 is 42.9. The zero-order valence-electron chi connectivity index (χ0n) is 9.14. The van der Waals surface area contributed by atoms with E-state index < -0.39 is 23.3 Å². The van der Waals surface area contributed by atoms with E-state index in [9.17, 15) is 18.0 Å². The minimum atomic E-state index is -4.67. The van der Waals surface area contributed by atoms with Gasteiger partial charge in [0.25, 0.3) is 0 Å². The van der Waals surface area contributed by atoms with E-state index in [0.717, 1.165) is 6.07 Å². The van der Waals surface area contributed by atoms with Gasteiger partial charge in [0, 0.05) is 3.57 Å². The SMILES string of the molecule is CCOC(=O)c1c(C(F)(F)F)ccc(C#N)c1I. The summed E-state index contributed by atoms with van der Waals surface area (Å²) >= 11 is 1.54. The molecule has 1 aromatic rings. The van der Waals surface area contributed by atoms with Gasteiger partial charge in [0.1, 0.15) is 6.07 Å². The lowest BCUT2D eigenvalue weighted by Crippen LogP contribution is -2.17. The van der Waals surface area contributed by atoms with Crippen LogP contribution in [0.1, 0.15) is 28.4 Å². The van der Waals surface area contributed by atoms with Crippen molar-refractivity contribution in [1.82, 2.24) is 0 Å². The fraction of sp³-hybridized carbons (Fsp3) is 0.273. The van der Waals surface area contributed by atoms with E-state index in [1.807, 2.05) is 0 Å². The van der Waals surface area contributed by atoms with Crippen molar-refractivity contribution in [3.05, 3.63) is 32.4 Å². The van der Waals surface area contributed by atoms with Gasteiger partial charge in [-0.3, -0.25) is 0 Å². The average Bonchev–Trinajstić information content (AvgIpc) is 2.27. The summed E-state index contributed by atoms with van der Waals surface area (Å²) in [5, 5.41) is 8.76. The number of esters is 1. The summed E-state index contributed by atoms with van der Waals surface area (Å²) in [5.74, 6) is -1.08. The maximum Gasteiger partial charge on any atom is 0.417 e. The van der Waals surface area contributed by atoms with Crippen molar-refractivity contribution >= 4 is 28.6 Å². The predicted molar refractivity (Wildman–Crippen MR) is 64.8 cm³/mol. The predicted octanol–water partition coefficient (Wildman–Crippen LogP) is 3.36. The van der Waals surface area contributed by atoms with E-state index >= 15 is 0 Å². The Bertz CT molecular complexity index is 520. The highest BCUT2D eigenvalue weighted by atomic mass is 127. The number of halogens is 4. The van der Waals surface area contributed by atoms with E-state index in [4.69, 9.17) is 5.26 Å². The van der Waals surface area contributed by atoms with E-state index in [1.165, 1.54) is 29.5 Å². The fourth-order valence-corrected chi connectivity index (χ4v) is 2.11. The molecule has 0 spiro atoms. The van der Waals surface area contributed by atoms with E-state index in [0.29, 0.717) is 6.07 Å². The molecule has 0 heterocycles. The van der Waals surface area contributed by atoms with Crippen LogP contribution >= 0.6 is 22.6 Å². The molecule has 3 nitrogen and oxygen atoms in total. The molecule has 0 unspecified atom stereocenters. The Hall–Kier alpha value is -1.30. The molecule has 0 aliphatic carbocycles. The maximum absolute atomic E-state index is 12.8. The molecule has 0 saturated heterocycles. The summed E-state index contributed by atoms with van der Waals surface area (Å²) in [6.45, 7) is 1.45. The van der Waals surface area contributed by atoms with Crippen molar-refractivity contribution < 1.29 is 22.7 Å². The van der Waals surface area contributed by atoms with Crippen LogP contribution < -0.4 is 0 Å². The number of nitriles is 1. The number of rotatable bonds is 2. The molecule has 0 bridgehead atoms. The Morgan fingerprint density at radius 2 is 2.11 bits per heavy atom. The number of hydrogen-bond donors (Lipinski definition) is 0. The van der Waals surface area contributed by atoms with Gasteiger partial charge in [-0.25, -0.2) is 4.79 Å². The van der Waals surface area contributed by atoms with Crippen LogP contribution in [0, 0.1) is 14.9 Å². The third-order valence-corrected chi connectivity index (χ3v) is 3.17. The second-order valence-electron chi connectivity index (χ2n) is 3.18. The quantitative estimate of drug-likeness (QED) is 0.594. The molecule has 0 aromatic heterocycles. The van der Waals surface area contributed by atoms with Gasteiger partial charge in [0.2, 0.25) is 0 Å². The van der Waals surface area contributed by atoms with Gasteiger partial charge in [-0.05, 0) is 41.6 Å². The van der Waals surface area contributed by atoms with E-state index in [-0.39, 0.29) is 15.7 Å². The van der Waals surface area contributed by atoms with Crippen molar-refractivity contribution in [2.75, 3.05) is 6.61 Å². The summed E-state index contributed by atoms with van der Waals surface area (Å²) in [6, 6.07) is 3.48. The van der Waals surface area contributed by atoms with Crippen LogP contribution in [-0.4, -0.2) is 12.6 Å². The van der Waals surface area contributed by atoms with Crippen molar-refractivity contribution in [3.63, 3.8) is 0 Å².